The lowest BCUT2D eigenvalue weighted by molar-refractivity contribution is -0.120. The normalized spacial score (nSPS) is 13.8. The number of amides is 2. The Morgan fingerprint density at radius 2 is 1.75 bits per heavy atom. The third-order valence-electron chi connectivity index (χ3n) is 4.00. The van der Waals surface area contributed by atoms with Crippen molar-refractivity contribution in [1.82, 2.24) is 0 Å². The fourth-order valence-corrected chi connectivity index (χ4v) is 3.08. The molecule has 2 amide bonds. The minimum absolute atomic E-state index is 0.0535. The first kappa shape index (κ1) is 19.7. The van der Waals surface area contributed by atoms with Crippen LogP contribution in [0.3, 0.4) is 0 Å². The van der Waals surface area contributed by atoms with E-state index < -0.39 is 17.8 Å². The number of halogens is 2. The van der Waals surface area contributed by atoms with Crippen molar-refractivity contribution in [2.45, 2.75) is 0 Å². The summed E-state index contributed by atoms with van der Waals surface area (Å²) in [4.78, 5) is 38.4. The van der Waals surface area contributed by atoms with Gasteiger partial charge in [-0.1, -0.05) is 35.3 Å². The van der Waals surface area contributed by atoms with Crippen LogP contribution in [-0.2, 0) is 14.3 Å². The van der Waals surface area contributed by atoms with Crippen LogP contribution in [0.4, 0.5) is 11.4 Å². The predicted molar refractivity (Wildman–Crippen MR) is 105 cm³/mol. The number of benzene rings is 2. The minimum atomic E-state index is -0.772. The van der Waals surface area contributed by atoms with Gasteiger partial charge in [0.2, 0.25) is 0 Å². The van der Waals surface area contributed by atoms with Crippen LogP contribution in [0, 0.1) is 0 Å². The van der Waals surface area contributed by atoms with E-state index in [2.05, 4.69) is 5.32 Å². The molecule has 2 aromatic carbocycles. The van der Waals surface area contributed by atoms with E-state index in [9.17, 15) is 14.4 Å². The van der Waals surface area contributed by atoms with Crippen molar-refractivity contribution in [2.75, 3.05) is 24.4 Å². The largest absolute Gasteiger partial charge is 0.495 e. The SMILES string of the molecule is COC(=O)c1ccccc1N1C(=O)C(Cl)=C(Nc2cc(Cl)ccc2OC)C1=O. The summed E-state index contributed by atoms with van der Waals surface area (Å²) >= 11 is 12.1. The Bertz CT molecular complexity index is 1020. The van der Waals surface area contributed by atoms with Crippen LogP contribution in [-0.4, -0.2) is 32.0 Å². The van der Waals surface area contributed by atoms with Crippen molar-refractivity contribution in [1.29, 1.82) is 0 Å². The molecule has 0 unspecified atom stereocenters. The molecule has 3 rings (SSSR count). The Kier molecular flexibility index (Phi) is 5.58. The van der Waals surface area contributed by atoms with Crippen LogP contribution < -0.4 is 15.0 Å². The van der Waals surface area contributed by atoms with Crippen LogP contribution in [0.25, 0.3) is 0 Å². The average Bonchev–Trinajstić information content (AvgIpc) is 2.91. The first-order chi connectivity index (χ1) is 13.4. The van der Waals surface area contributed by atoms with Gasteiger partial charge in [0.15, 0.2) is 0 Å². The molecule has 0 atom stereocenters. The summed E-state index contributed by atoms with van der Waals surface area (Å²) in [5.74, 6) is -1.79. The molecule has 0 saturated carbocycles. The number of ether oxygens (including phenoxy) is 2. The zero-order chi connectivity index (χ0) is 20.4. The summed E-state index contributed by atoms with van der Waals surface area (Å²) in [6.07, 6.45) is 0. The van der Waals surface area contributed by atoms with E-state index in [1.165, 1.54) is 32.4 Å². The van der Waals surface area contributed by atoms with Gasteiger partial charge >= 0.3 is 5.97 Å². The van der Waals surface area contributed by atoms with Crippen LogP contribution in [0.1, 0.15) is 10.4 Å². The average molecular weight is 421 g/mol. The van der Waals surface area contributed by atoms with E-state index in [1.54, 1.807) is 24.3 Å². The van der Waals surface area contributed by atoms with Gasteiger partial charge in [-0.25, -0.2) is 9.69 Å². The number of anilines is 2. The minimum Gasteiger partial charge on any atom is -0.495 e. The number of nitrogens with one attached hydrogen (secondary N) is 1. The third-order valence-corrected chi connectivity index (χ3v) is 4.58. The van der Waals surface area contributed by atoms with E-state index >= 15 is 0 Å². The molecule has 1 heterocycles. The van der Waals surface area contributed by atoms with E-state index in [1.807, 2.05) is 0 Å². The van der Waals surface area contributed by atoms with Crippen molar-refractivity contribution >= 4 is 52.4 Å². The number of imide groups is 1. The highest BCUT2D eigenvalue weighted by molar-refractivity contribution is 6.53. The smallest absolute Gasteiger partial charge is 0.339 e. The van der Waals surface area contributed by atoms with E-state index in [0.717, 1.165) is 4.90 Å². The number of carbonyl (C=O) groups excluding carboxylic acids is 3. The quantitative estimate of drug-likeness (QED) is 0.587. The summed E-state index contributed by atoms with van der Waals surface area (Å²) in [6.45, 7) is 0. The molecular formula is C19H14Cl2N2O5. The van der Waals surface area contributed by atoms with Gasteiger partial charge in [0.25, 0.3) is 11.8 Å². The number of rotatable bonds is 5. The standard InChI is InChI=1S/C19H14Cl2N2O5/c1-27-14-8-7-10(20)9-12(14)22-16-15(21)17(24)23(18(16)25)13-6-4-3-5-11(13)19(26)28-2/h3-9,22H,1-2H3. The molecule has 0 saturated heterocycles. The molecule has 1 aliphatic rings. The Morgan fingerprint density at radius 1 is 1.04 bits per heavy atom. The lowest BCUT2D eigenvalue weighted by Crippen LogP contribution is -2.33. The number of hydrogen-bond acceptors (Lipinski definition) is 6. The highest BCUT2D eigenvalue weighted by Crippen LogP contribution is 2.35. The summed E-state index contributed by atoms with van der Waals surface area (Å²) in [6, 6.07) is 10.8. The van der Waals surface area contributed by atoms with Gasteiger partial charge in [0.05, 0.1) is 31.2 Å². The summed E-state index contributed by atoms with van der Waals surface area (Å²) < 4.78 is 9.94. The van der Waals surface area contributed by atoms with Gasteiger partial charge < -0.3 is 14.8 Å². The van der Waals surface area contributed by atoms with Crippen molar-refractivity contribution in [2.24, 2.45) is 0 Å². The second kappa shape index (κ2) is 7.92. The van der Waals surface area contributed by atoms with Gasteiger partial charge in [0, 0.05) is 5.02 Å². The Balaban J connectivity index is 2.01. The number of nitrogens with zero attached hydrogens (tertiary/aromatic N) is 1. The fraction of sp³-hybridized carbons (Fsp3) is 0.105. The van der Waals surface area contributed by atoms with Crippen molar-refractivity contribution in [3.8, 4) is 5.75 Å². The maximum Gasteiger partial charge on any atom is 0.339 e. The number of esters is 1. The first-order valence-corrected chi connectivity index (χ1v) is 8.71. The second-order valence-electron chi connectivity index (χ2n) is 5.61. The topological polar surface area (TPSA) is 84.9 Å². The van der Waals surface area contributed by atoms with Crippen LogP contribution in [0.15, 0.2) is 53.2 Å². The van der Waals surface area contributed by atoms with Gasteiger partial charge in [-0.3, -0.25) is 9.59 Å². The van der Waals surface area contributed by atoms with Gasteiger partial charge in [0.1, 0.15) is 16.5 Å². The second-order valence-corrected chi connectivity index (χ2v) is 6.43. The lowest BCUT2D eigenvalue weighted by atomic mass is 10.1. The van der Waals surface area contributed by atoms with Gasteiger partial charge in [-0.15, -0.1) is 0 Å². The Labute approximate surface area is 170 Å². The number of methoxy groups -OCH3 is 2. The van der Waals surface area contributed by atoms with Crippen molar-refractivity contribution in [3.05, 3.63) is 63.8 Å². The molecular weight excluding hydrogens is 407 g/mol. The lowest BCUT2D eigenvalue weighted by Gasteiger charge is -2.18. The van der Waals surface area contributed by atoms with Gasteiger partial charge in [-0.2, -0.15) is 0 Å². The maximum atomic E-state index is 13.0. The van der Waals surface area contributed by atoms with E-state index in [-0.39, 0.29) is 22.0 Å². The predicted octanol–water partition coefficient (Wildman–Crippen LogP) is 3.57. The van der Waals surface area contributed by atoms with Gasteiger partial charge in [-0.05, 0) is 30.3 Å². The molecule has 28 heavy (non-hydrogen) atoms. The maximum absolute atomic E-state index is 13.0. The molecule has 144 valence electrons. The summed E-state index contributed by atoms with van der Waals surface area (Å²) in [5, 5.41) is 2.87. The molecule has 1 N–H and O–H groups in total. The molecule has 9 heteroatoms. The Morgan fingerprint density at radius 3 is 2.43 bits per heavy atom. The highest BCUT2D eigenvalue weighted by Gasteiger charge is 2.40. The van der Waals surface area contributed by atoms with Crippen LogP contribution in [0.5, 0.6) is 5.75 Å². The molecule has 0 aliphatic carbocycles. The monoisotopic (exact) mass is 420 g/mol. The van der Waals surface area contributed by atoms with E-state index in [0.29, 0.717) is 16.5 Å². The van der Waals surface area contributed by atoms with Crippen LogP contribution in [0.2, 0.25) is 5.02 Å². The molecule has 0 bridgehead atoms. The molecule has 1 aliphatic heterocycles. The Hall–Kier alpha value is -3.03. The van der Waals surface area contributed by atoms with E-state index in [4.69, 9.17) is 32.7 Å². The molecule has 0 spiro atoms. The number of hydrogen-bond donors (Lipinski definition) is 1. The van der Waals surface area contributed by atoms with Crippen LogP contribution >= 0.6 is 23.2 Å². The summed E-state index contributed by atoms with van der Waals surface area (Å²) in [7, 11) is 2.65. The molecule has 0 fully saturated rings. The fourth-order valence-electron chi connectivity index (χ4n) is 2.69. The van der Waals surface area contributed by atoms with Crippen molar-refractivity contribution < 1.29 is 23.9 Å². The zero-order valence-electron chi connectivity index (χ0n) is 14.8. The third kappa shape index (κ3) is 3.42. The highest BCUT2D eigenvalue weighted by atomic mass is 35.5. The molecule has 7 nitrogen and oxygen atoms in total. The number of para-hydroxylation sites is 1. The first-order valence-electron chi connectivity index (χ1n) is 7.95. The number of carbonyl (C=O) groups is 3. The summed E-state index contributed by atoms with van der Waals surface area (Å²) in [5.41, 5.74) is 0.314. The molecule has 2 aromatic rings. The molecule has 0 radical (unpaired) electrons. The molecule has 0 aromatic heterocycles. The zero-order valence-corrected chi connectivity index (χ0v) is 16.3. The van der Waals surface area contributed by atoms with Crippen molar-refractivity contribution in [3.63, 3.8) is 0 Å².